The molecule has 0 N–H and O–H groups in total. The van der Waals surface area contributed by atoms with Gasteiger partial charge in [-0.2, -0.15) is 0 Å². The highest BCUT2D eigenvalue weighted by Crippen LogP contribution is 2.47. The molecule has 0 radical (unpaired) electrons. The number of benzene rings is 8. The van der Waals surface area contributed by atoms with Gasteiger partial charge in [-0.1, -0.05) is 170 Å². The van der Waals surface area contributed by atoms with E-state index in [1.165, 1.54) is 44.8 Å². The van der Waals surface area contributed by atoms with Gasteiger partial charge in [-0.3, -0.25) is 4.57 Å². The van der Waals surface area contributed by atoms with Crippen molar-refractivity contribution in [2.45, 2.75) is 64.7 Å². The molecule has 0 bridgehead atoms. The van der Waals surface area contributed by atoms with Crippen LogP contribution in [0.15, 0.2) is 212 Å². The molecule has 0 aliphatic carbocycles. The fourth-order valence-electron chi connectivity index (χ4n) is 10.2. The number of rotatable bonds is 10. The molecular formula is C64H58N4O. The summed E-state index contributed by atoms with van der Waals surface area (Å²) in [6.45, 7) is 16.6. The number of ether oxygens (including phenoxy) is 1. The number of anilines is 4. The maximum absolute atomic E-state index is 7.14. The van der Waals surface area contributed by atoms with E-state index in [0.717, 1.165) is 56.1 Å². The largest absolute Gasteiger partial charge is 0.457 e. The van der Waals surface area contributed by atoms with Crippen LogP contribution >= 0.6 is 0 Å². The van der Waals surface area contributed by atoms with Crippen molar-refractivity contribution in [2.75, 3.05) is 16.5 Å². The van der Waals surface area contributed by atoms with Crippen LogP contribution in [0.2, 0.25) is 0 Å². The third-order valence-corrected chi connectivity index (χ3v) is 14.5. The predicted octanol–water partition coefficient (Wildman–Crippen LogP) is 16.8. The smallest absolute Gasteiger partial charge is 0.137 e. The molecule has 5 nitrogen and oxygen atoms in total. The van der Waals surface area contributed by atoms with Gasteiger partial charge in [0.1, 0.15) is 24.0 Å². The van der Waals surface area contributed by atoms with Crippen LogP contribution < -0.4 is 14.5 Å². The lowest BCUT2D eigenvalue weighted by molar-refractivity contribution is 0.480. The predicted molar refractivity (Wildman–Crippen MR) is 288 cm³/mol. The highest BCUT2D eigenvalue weighted by atomic mass is 16.5. The van der Waals surface area contributed by atoms with E-state index in [1.54, 1.807) is 0 Å². The molecule has 0 atom stereocenters. The molecule has 5 heteroatoms. The summed E-state index contributed by atoms with van der Waals surface area (Å²) in [5.74, 6) is 2.38. The van der Waals surface area contributed by atoms with Crippen molar-refractivity contribution in [3.05, 3.63) is 240 Å². The van der Waals surface area contributed by atoms with Gasteiger partial charge < -0.3 is 14.5 Å². The first kappa shape index (κ1) is 43.7. The lowest BCUT2D eigenvalue weighted by atomic mass is 9.78. The van der Waals surface area contributed by atoms with Gasteiger partial charge in [0.05, 0.1) is 22.4 Å². The van der Waals surface area contributed by atoms with Crippen molar-refractivity contribution in [1.82, 2.24) is 9.55 Å². The molecule has 11 rings (SSSR count). The summed E-state index contributed by atoms with van der Waals surface area (Å²) in [5.41, 5.74) is 14.7. The zero-order chi connectivity index (χ0) is 47.5. The molecule has 2 aromatic heterocycles. The molecule has 0 spiro atoms. The molecular weight excluding hydrogens is 841 g/mol. The Hall–Kier alpha value is -7.89. The zero-order valence-corrected chi connectivity index (χ0v) is 40.6. The second-order valence-electron chi connectivity index (χ2n) is 20.6. The maximum atomic E-state index is 7.14. The van der Waals surface area contributed by atoms with Crippen LogP contribution in [0.5, 0.6) is 11.5 Å². The van der Waals surface area contributed by atoms with Gasteiger partial charge in [0.25, 0.3) is 0 Å². The van der Waals surface area contributed by atoms with E-state index in [9.17, 15) is 0 Å². The number of aromatic nitrogens is 2. The summed E-state index contributed by atoms with van der Waals surface area (Å²) in [7, 11) is 0. The average Bonchev–Trinajstić information content (AvgIpc) is 3.93. The number of nitrogens with zero attached hydrogens (tertiary/aromatic N) is 4. The molecule has 0 saturated carbocycles. The number of pyridine rings is 1. The number of hydrogen-bond donors (Lipinski definition) is 0. The summed E-state index contributed by atoms with van der Waals surface area (Å²) >= 11 is 0. The SMILES string of the molecule is CC(C)(C)c1ccc(N2CN(c3cc(Oc4ccc5c6cc(-c7ccccc7)ccc6n(-c6cc(C(C)(C)c7ccccc7)ccn6)c5c4)cc(C(C)(C)c4ccccc4)c3)c3ccccc32)cc1. The summed E-state index contributed by atoms with van der Waals surface area (Å²) in [4.78, 5) is 9.92. The Morgan fingerprint density at radius 2 is 1.01 bits per heavy atom. The Balaban J connectivity index is 1.04. The van der Waals surface area contributed by atoms with Gasteiger partial charge in [-0.25, -0.2) is 4.98 Å². The number of para-hydroxylation sites is 2. The number of hydrogen-bond acceptors (Lipinski definition) is 4. The lowest BCUT2D eigenvalue weighted by Crippen LogP contribution is -2.25. The summed E-state index contributed by atoms with van der Waals surface area (Å²) < 4.78 is 9.45. The van der Waals surface area contributed by atoms with Crippen LogP contribution in [0.25, 0.3) is 38.8 Å². The molecule has 1 aliphatic rings. The van der Waals surface area contributed by atoms with Crippen LogP contribution in [0.1, 0.15) is 76.3 Å². The van der Waals surface area contributed by atoms with Crippen LogP contribution in [-0.2, 0) is 16.2 Å². The minimum Gasteiger partial charge on any atom is -0.457 e. The second-order valence-corrected chi connectivity index (χ2v) is 20.6. The minimum atomic E-state index is -0.325. The molecule has 1 aliphatic heterocycles. The highest BCUT2D eigenvalue weighted by molar-refractivity contribution is 6.10. The topological polar surface area (TPSA) is 33.5 Å². The van der Waals surface area contributed by atoms with Crippen LogP contribution in [-0.4, -0.2) is 16.2 Å². The first-order chi connectivity index (χ1) is 33.3. The molecule has 10 aromatic rings. The Kier molecular flexibility index (Phi) is 10.8. The Bertz CT molecular complexity index is 3480. The summed E-state index contributed by atoms with van der Waals surface area (Å²) in [6.07, 6.45) is 1.95. The Morgan fingerprint density at radius 1 is 0.406 bits per heavy atom. The van der Waals surface area contributed by atoms with Crippen LogP contribution in [0.3, 0.4) is 0 Å². The third-order valence-electron chi connectivity index (χ3n) is 14.5. The molecule has 340 valence electrons. The maximum Gasteiger partial charge on any atom is 0.137 e. The molecule has 0 amide bonds. The van der Waals surface area contributed by atoms with Crippen molar-refractivity contribution < 1.29 is 4.74 Å². The van der Waals surface area contributed by atoms with E-state index in [4.69, 9.17) is 9.72 Å². The minimum absolute atomic E-state index is 0.0740. The normalized spacial score (nSPS) is 13.0. The van der Waals surface area contributed by atoms with E-state index < -0.39 is 0 Å². The molecule has 0 saturated heterocycles. The van der Waals surface area contributed by atoms with Gasteiger partial charge in [0.2, 0.25) is 0 Å². The van der Waals surface area contributed by atoms with Crippen molar-refractivity contribution in [2.24, 2.45) is 0 Å². The fraction of sp³-hybridized carbons (Fsp3) is 0.172. The van der Waals surface area contributed by atoms with Crippen molar-refractivity contribution in [1.29, 1.82) is 0 Å². The lowest BCUT2D eigenvalue weighted by Gasteiger charge is -2.29. The van der Waals surface area contributed by atoms with Crippen molar-refractivity contribution in [3.8, 4) is 28.4 Å². The van der Waals surface area contributed by atoms with E-state index in [1.807, 2.05) is 6.20 Å². The summed E-state index contributed by atoms with van der Waals surface area (Å²) in [5, 5.41) is 2.29. The molecule has 0 unspecified atom stereocenters. The number of fused-ring (bicyclic) bond motifs is 4. The van der Waals surface area contributed by atoms with Crippen LogP contribution in [0, 0.1) is 0 Å². The summed E-state index contributed by atoms with van der Waals surface area (Å²) in [6, 6.07) is 74.4. The average molecular weight is 899 g/mol. The van der Waals surface area contributed by atoms with E-state index in [-0.39, 0.29) is 16.2 Å². The van der Waals surface area contributed by atoms with E-state index in [2.05, 4.69) is 269 Å². The third kappa shape index (κ3) is 8.02. The van der Waals surface area contributed by atoms with Crippen molar-refractivity contribution >= 4 is 44.6 Å². The van der Waals surface area contributed by atoms with Gasteiger partial charge in [0, 0.05) is 51.3 Å². The molecule has 3 heterocycles. The molecule has 69 heavy (non-hydrogen) atoms. The fourth-order valence-corrected chi connectivity index (χ4v) is 10.2. The Morgan fingerprint density at radius 3 is 1.67 bits per heavy atom. The van der Waals surface area contributed by atoms with E-state index >= 15 is 0 Å². The van der Waals surface area contributed by atoms with Gasteiger partial charge >= 0.3 is 0 Å². The zero-order valence-electron chi connectivity index (χ0n) is 40.6. The standard InChI is InChI=1S/C64H58N4O/c1-62(2,3)46-28-30-51(31-29-46)66-43-67(59-26-18-17-25-58(59)66)52-38-50(64(6,7)48-23-15-10-16-24-48)39-54(41-52)69-53-32-33-55-56-37-45(44-19-11-8-12-20-44)27-34-57(56)68(60(55)42-53)61-40-49(35-36-65-61)63(4,5)47-21-13-9-14-22-47/h8-42H,43H2,1-7H3. The monoisotopic (exact) mass is 898 g/mol. The van der Waals surface area contributed by atoms with Gasteiger partial charge in [-0.05, 0) is 117 Å². The van der Waals surface area contributed by atoms with Crippen LogP contribution in [0.4, 0.5) is 22.7 Å². The highest BCUT2D eigenvalue weighted by Gasteiger charge is 2.31. The Labute approximate surface area is 406 Å². The van der Waals surface area contributed by atoms with Crippen molar-refractivity contribution in [3.63, 3.8) is 0 Å². The van der Waals surface area contributed by atoms with Gasteiger partial charge in [0.15, 0.2) is 0 Å². The molecule has 8 aromatic carbocycles. The first-order valence-corrected chi connectivity index (χ1v) is 24.1. The first-order valence-electron chi connectivity index (χ1n) is 24.1. The van der Waals surface area contributed by atoms with Gasteiger partial charge in [-0.15, -0.1) is 0 Å². The molecule has 0 fully saturated rings. The second kappa shape index (κ2) is 17.0. The van der Waals surface area contributed by atoms with E-state index in [0.29, 0.717) is 6.67 Å². The quantitative estimate of drug-likeness (QED) is 0.137.